The number of rotatable bonds is 16. The van der Waals surface area contributed by atoms with Crippen LogP contribution in [-0.2, 0) is 29.1 Å². The molecule has 6 atom stereocenters. The van der Waals surface area contributed by atoms with Crippen LogP contribution in [0.15, 0.2) is 36.4 Å². The van der Waals surface area contributed by atoms with E-state index in [1.165, 1.54) is 18.7 Å². The number of hydrogen-bond donors (Lipinski definition) is 3. The molecule has 0 spiro atoms. The van der Waals surface area contributed by atoms with Crippen LogP contribution in [0.3, 0.4) is 0 Å². The number of carbonyl (C=O) groups excluding carboxylic acids is 4. The summed E-state index contributed by atoms with van der Waals surface area (Å²) in [7, 11) is -4.07. The molecule has 2 aliphatic carbocycles. The number of hydrogen-bond acceptors (Lipinski definition) is 10. The first-order valence-electron chi connectivity index (χ1n) is 19.4. The second-order valence-electron chi connectivity index (χ2n) is 16.8. The molecule has 18 heteroatoms. The quantitative estimate of drug-likeness (QED) is 0.189. The highest BCUT2D eigenvalue weighted by atomic mass is 32.2. The number of allylic oxidation sites excluding steroid dienone is 1. The Morgan fingerprint density at radius 1 is 1.10 bits per heavy atom. The number of benzene rings is 1. The van der Waals surface area contributed by atoms with Crippen molar-refractivity contribution in [3.63, 3.8) is 0 Å². The van der Waals surface area contributed by atoms with Crippen LogP contribution in [-0.4, -0.2) is 101 Å². The fourth-order valence-corrected chi connectivity index (χ4v) is 8.05. The van der Waals surface area contributed by atoms with Gasteiger partial charge in [-0.15, -0.1) is 0 Å². The Balaban J connectivity index is 1.48. The summed E-state index contributed by atoms with van der Waals surface area (Å²) in [4.78, 5) is 61.3. The summed E-state index contributed by atoms with van der Waals surface area (Å²) in [5.74, 6) is -6.95. The van der Waals surface area contributed by atoms with Gasteiger partial charge in [-0.05, 0) is 83.7 Å². The van der Waals surface area contributed by atoms with Crippen molar-refractivity contribution in [1.29, 1.82) is 0 Å². The zero-order valence-corrected chi connectivity index (χ0v) is 35.1. The standard InChI is InChI=1S/C40H54F3N5O9S/c1-10-12-25-19-40(25,35(51)47-58(53,54)38(8)15-16-38)46-32(49)29-17-26(56-33-27-14-11-13-23(4)28(27)18-30(44-33)55-21-24(5)41)20-48(29)34(50)31(22(2)3)45-36(52)57-37(6,7)39(9,42)43/h10-14,18,22,24-26,29,31H,15-17,19-21H2,1-9H3,(H,45,52)(H,46,49)(H,47,51)/b12-10-/t24?,25-,26-,29+,31+,40-/m1/s1. The number of alkyl halides is 3. The molecule has 0 bridgehead atoms. The molecule has 4 amide bonds. The first kappa shape index (κ1) is 44.5. The van der Waals surface area contributed by atoms with Crippen LogP contribution >= 0.6 is 0 Å². The molecular weight excluding hydrogens is 784 g/mol. The molecule has 3 fully saturated rings. The van der Waals surface area contributed by atoms with Crippen molar-refractivity contribution in [3.05, 3.63) is 42.0 Å². The zero-order chi connectivity index (χ0) is 43.2. The number of halogens is 3. The summed E-state index contributed by atoms with van der Waals surface area (Å²) in [6.07, 6.45) is 0.538. The SMILES string of the molecule is C/C=C\[C@@H]1C[C@]1(NC(=O)[C@@H]1C[C@@H](Oc2nc(OCC(C)F)cc3c(C)cccc23)CN1C(=O)[C@@H](NC(=O)OC(C)(C)C(C)(F)F)C(C)C)C(=O)NS(=O)(=O)C1(C)CC1. The maximum absolute atomic E-state index is 14.5. The number of likely N-dealkylation sites (tertiary alicyclic amines) is 1. The summed E-state index contributed by atoms with van der Waals surface area (Å²) in [6.45, 7) is 11.8. The van der Waals surface area contributed by atoms with Crippen molar-refractivity contribution in [3.8, 4) is 11.8 Å². The highest BCUT2D eigenvalue weighted by Crippen LogP contribution is 2.47. The zero-order valence-electron chi connectivity index (χ0n) is 34.3. The van der Waals surface area contributed by atoms with Gasteiger partial charge >= 0.3 is 6.09 Å². The lowest BCUT2D eigenvalue weighted by molar-refractivity contribution is -0.151. The van der Waals surface area contributed by atoms with E-state index in [4.69, 9.17) is 14.2 Å². The predicted octanol–water partition coefficient (Wildman–Crippen LogP) is 5.26. The molecule has 58 heavy (non-hydrogen) atoms. The Kier molecular flexibility index (Phi) is 12.4. The van der Waals surface area contributed by atoms with Crippen molar-refractivity contribution >= 4 is 44.6 Å². The van der Waals surface area contributed by atoms with Gasteiger partial charge in [0.05, 0.1) is 11.3 Å². The molecule has 14 nitrogen and oxygen atoms in total. The van der Waals surface area contributed by atoms with E-state index in [1.54, 1.807) is 51.1 Å². The van der Waals surface area contributed by atoms with Crippen LogP contribution in [0.5, 0.6) is 11.8 Å². The Labute approximate surface area is 337 Å². The fraction of sp³-hybridized carbons (Fsp3) is 0.625. The lowest BCUT2D eigenvalue weighted by Gasteiger charge is -2.34. The minimum absolute atomic E-state index is 0.0796. The molecule has 320 valence electrons. The Bertz CT molecular complexity index is 2070. The van der Waals surface area contributed by atoms with Crippen LogP contribution in [0.4, 0.5) is 18.0 Å². The maximum atomic E-state index is 14.5. The fourth-order valence-electron chi connectivity index (χ4n) is 6.74. The van der Waals surface area contributed by atoms with Crippen LogP contribution in [0.25, 0.3) is 10.8 Å². The number of nitrogens with zero attached hydrogens (tertiary/aromatic N) is 2. The number of aromatic nitrogens is 1. The highest BCUT2D eigenvalue weighted by molar-refractivity contribution is 7.91. The molecule has 3 N–H and O–H groups in total. The van der Waals surface area contributed by atoms with Crippen LogP contribution in [0.1, 0.15) is 86.6 Å². The minimum atomic E-state index is -4.07. The first-order chi connectivity index (χ1) is 26.8. The van der Waals surface area contributed by atoms with Crippen molar-refractivity contribution in [1.82, 2.24) is 25.2 Å². The number of alkyl carbamates (subject to hydrolysis) is 1. The number of fused-ring (bicyclic) bond motifs is 1. The van der Waals surface area contributed by atoms with E-state index < -0.39 is 91.8 Å². The van der Waals surface area contributed by atoms with Crippen molar-refractivity contribution in [2.45, 2.75) is 134 Å². The molecule has 1 aromatic carbocycles. The average Bonchev–Trinajstić information content (AvgIpc) is 3.99. The van der Waals surface area contributed by atoms with Crippen molar-refractivity contribution < 1.29 is 55.0 Å². The van der Waals surface area contributed by atoms with Gasteiger partial charge in [0, 0.05) is 30.7 Å². The summed E-state index contributed by atoms with van der Waals surface area (Å²) in [5.41, 5.74) is -3.05. The highest BCUT2D eigenvalue weighted by Gasteiger charge is 2.63. The molecule has 0 radical (unpaired) electrons. The number of pyridine rings is 1. The van der Waals surface area contributed by atoms with E-state index >= 15 is 0 Å². The Hall–Kier alpha value is -4.61. The Morgan fingerprint density at radius 2 is 1.78 bits per heavy atom. The van der Waals surface area contributed by atoms with Gasteiger partial charge in [0.2, 0.25) is 33.6 Å². The van der Waals surface area contributed by atoms with E-state index in [-0.39, 0.29) is 37.8 Å². The van der Waals surface area contributed by atoms with Gasteiger partial charge in [-0.1, -0.05) is 38.1 Å². The number of sulfonamides is 1. The largest absolute Gasteiger partial charge is 0.474 e. The van der Waals surface area contributed by atoms with Gasteiger partial charge in [0.25, 0.3) is 11.8 Å². The molecule has 1 aromatic heterocycles. The normalized spacial score (nSPS) is 23.9. The molecule has 1 saturated heterocycles. The Morgan fingerprint density at radius 3 is 2.36 bits per heavy atom. The van der Waals surface area contributed by atoms with Gasteiger partial charge < -0.3 is 29.7 Å². The molecule has 2 aromatic rings. The third-order valence-corrected chi connectivity index (χ3v) is 13.4. The molecular formula is C40H54F3N5O9S. The first-order valence-corrected chi connectivity index (χ1v) is 20.9. The average molecular weight is 838 g/mol. The van der Waals surface area contributed by atoms with Crippen LogP contribution < -0.4 is 24.8 Å². The van der Waals surface area contributed by atoms with Crippen LogP contribution in [0.2, 0.25) is 0 Å². The van der Waals surface area contributed by atoms with E-state index in [0.29, 0.717) is 30.5 Å². The van der Waals surface area contributed by atoms with Crippen molar-refractivity contribution in [2.24, 2.45) is 11.8 Å². The number of nitrogens with one attached hydrogen (secondary N) is 3. The molecule has 3 aliphatic rings. The second-order valence-corrected chi connectivity index (χ2v) is 19.0. The maximum Gasteiger partial charge on any atom is 0.408 e. The monoisotopic (exact) mass is 837 g/mol. The van der Waals surface area contributed by atoms with E-state index in [2.05, 4.69) is 20.3 Å². The summed E-state index contributed by atoms with van der Waals surface area (Å²) in [6, 6.07) is 4.35. The van der Waals surface area contributed by atoms with Gasteiger partial charge in [0.1, 0.15) is 36.5 Å². The molecule has 2 heterocycles. The van der Waals surface area contributed by atoms with Gasteiger partial charge in [0.15, 0.2) is 5.60 Å². The number of amides is 4. The molecule has 2 saturated carbocycles. The van der Waals surface area contributed by atoms with Gasteiger partial charge in [-0.2, -0.15) is 4.98 Å². The lowest BCUT2D eigenvalue weighted by Crippen LogP contribution is -2.59. The summed E-state index contributed by atoms with van der Waals surface area (Å²) in [5, 5.41) is 6.42. The third kappa shape index (κ3) is 9.31. The summed E-state index contributed by atoms with van der Waals surface area (Å²) < 4.78 is 86.6. The third-order valence-electron chi connectivity index (χ3n) is 11.3. The molecule has 5 rings (SSSR count). The summed E-state index contributed by atoms with van der Waals surface area (Å²) >= 11 is 0. The molecule has 1 aliphatic heterocycles. The number of carbonyl (C=O) groups is 4. The second kappa shape index (κ2) is 16.2. The van der Waals surface area contributed by atoms with Crippen LogP contribution in [0, 0.1) is 18.8 Å². The minimum Gasteiger partial charge on any atom is -0.474 e. The smallest absolute Gasteiger partial charge is 0.408 e. The topological polar surface area (TPSA) is 182 Å². The van der Waals surface area contributed by atoms with E-state index in [0.717, 1.165) is 19.4 Å². The number of aryl methyl sites for hydroxylation is 1. The van der Waals surface area contributed by atoms with Gasteiger partial charge in [-0.3, -0.25) is 19.1 Å². The number of ether oxygens (including phenoxy) is 3. The predicted molar refractivity (Wildman–Crippen MR) is 209 cm³/mol. The van der Waals surface area contributed by atoms with Gasteiger partial charge in [-0.25, -0.2) is 26.4 Å². The lowest BCUT2D eigenvalue weighted by atomic mass is 10.0. The van der Waals surface area contributed by atoms with Crippen molar-refractivity contribution in [2.75, 3.05) is 13.2 Å². The van der Waals surface area contributed by atoms with E-state index in [1.807, 2.05) is 13.0 Å². The van der Waals surface area contributed by atoms with E-state index in [9.17, 15) is 40.8 Å². The molecule has 1 unspecified atom stereocenters.